The Morgan fingerprint density at radius 2 is 1.80 bits per heavy atom. The Morgan fingerprint density at radius 1 is 1.13 bits per heavy atom. The maximum absolute atomic E-state index is 4.30. The van der Waals surface area contributed by atoms with Gasteiger partial charge in [-0.05, 0) is 11.0 Å². The third kappa shape index (κ3) is 2.03. The van der Waals surface area contributed by atoms with Crippen LogP contribution in [0.4, 0.5) is 0 Å². The van der Waals surface area contributed by atoms with Gasteiger partial charge in [-0.2, -0.15) is 0 Å². The van der Waals surface area contributed by atoms with Crippen molar-refractivity contribution < 1.29 is 0 Å². The molecule has 2 aromatic rings. The average Bonchev–Trinajstić information content (AvgIpc) is 2.69. The van der Waals surface area contributed by atoms with Gasteiger partial charge in [0.1, 0.15) is 6.33 Å². The highest BCUT2D eigenvalue weighted by atomic mass is 15.2. The maximum atomic E-state index is 4.30. The van der Waals surface area contributed by atoms with E-state index in [9.17, 15) is 0 Å². The largest absolute Gasteiger partial charge is 0.274 e. The van der Waals surface area contributed by atoms with Crippen LogP contribution in [0.1, 0.15) is 26.3 Å². The minimum absolute atomic E-state index is 0.0907. The first-order chi connectivity index (χ1) is 7.07. The van der Waals surface area contributed by atoms with Gasteiger partial charge in [0.2, 0.25) is 5.95 Å². The average molecular weight is 202 g/mol. The lowest BCUT2D eigenvalue weighted by atomic mass is 9.89. The number of imidazole rings is 1. The quantitative estimate of drug-likeness (QED) is 0.710. The molecule has 0 unspecified atom stereocenters. The summed E-state index contributed by atoms with van der Waals surface area (Å²) in [5, 5.41) is 0. The van der Waals surface area contributed by atoms with Gasteiger partial charge in [0.05, 0.1) is 0 Å². The lowest BCUT2D eigenvalue weighted by molar-refractivity contribution is 0.583. The molecule has 0 aromatic carbocycles. The first-order valence-corrected chi connectivity index (χ1v) is 4.88. The second kappa shape index (κ2) is 3.46. The molecule has 2 aromatic heterocycles. The zero-order valence-corrected chi connectivity index (χ0v) is 9.18. The number of aromatic nitrogens is 4. The molecule has 0 spiro atoms. The van der Waals surface area contributed by atoms with Crippen LogP contribution in [0.25, 0.3) is 5.95 Å². The Kier molecular flexibility index (Phi) is 2.26. The third-order valence-corrected chi connectivity index (χ3v) is 2.24. The molecule has 15 heavy (non-hydrogen) atoms. The molecule has 4 nitrogen and oxygen atoms in total. The number of rotatable bonds is 1. The van der Waals surface area contributed by atoms with E-state index in [0.29, 0.717) is 5.95 Å². The number of nitrogens with zero attached hydrogens (tertiary/aromatic N) is 4. The van der Waals surface area contributed by atoms with Gasteiger partial charge in [-0.25, -0.2) is 15.0 Å². The van der Waals surface area contributed by atoms with E-state index in [0.717, 1.165) is 5.56 Å². The smallest absolute Gasteiger partial charge is 0.234 e. The maximum Gasteiger partial charge on any atom is 0.234 e. The van der Waals surface area contributed by atoms with Crippen molar-refractivity contribution in [2.45, 2.75) is 26.2 Å². The first-order valence-electron chi connectivity index (χ1n) is 4.88. The predicted molar refractivity (Wildman–Crippen MR) is 57.9 cm³/mol. The molecule has 0 saturated carbocycles. The lowest BCUT2D eigenvalue weighted by Crippen LogP contribution is -2.12. The molecule has 4 heteroatoms. The molecule has 2 heterocycles. The van der Waals surface area contributed by atoms with Crippen molar-refractivity contribution in [2.75, 3.05) is 0 Å². The zero-order valence-electron chi connectivity index (χ0n) is 9.18. The van der Waals surface area contributed by atoms with E-state index in [1.807, 2.05) is 18.6 Å². The van der Waals surface area contributed by atoms with Crippen LogP contribution in [-0.4, -0.2) is 19.5 Å². The Hall–Kier alpha value is -1.71. The normalized spacial score (nSPS) is 11.7. The van der Waals surface area contributed by atoms with E-state index in [2.05, 4.69) is 35.7 Å². The van der Waals surface area contributed by atoms with E-state index in [1.54, 1.807) is 17.1 Å². The fourth-order valence-electron chi connectivity index (χ4n) is 1.22. The molecule has 0 bridgehead atoms. The molecule has 0 aliphatic carbocycles. The van der Waals surface area contributed by atoms with Crippen LogP contribution in [0.3, 0.4) is 0 Å². The standard InChI is InChI=1S/C11H14N4/c1-11(2,3)9-6-13-10(14-7-9)15-5-4-12-8-15/h4-8H,1-3H3. The highest BCUT2D eigenvalue weighted by Crippen LogP contribution is 2.20. The summed E-state index contributed by atoms with van der Waals surface area (Å²) in [6.07, 6.45) is 8.95. The SMILES string of the molecule is CC(C)(C)c1cnc(-n2ccnc2)nc1. The van der Waals surface area contributed by atoms with Crippen molar-refractivity contribution in [2.24, 2.45) is 0 Å². The van der Waals surface area contributed by atoms with Gasteiger partial charge in [-0.15, -0.1) is 0 Å². The minimum Gasteiger partial charge on any atom is -0.274 e. The van der Waals surface area contributed by atoms with Crippen LogP contribution in [0, 0.1) is 0 Å². The van der Waals surface area contributed by atoms with Crippen LogP contribution in [0.5, 0.6) is 0 Å². The molecule has 0 N–H and O–H groups in total. The van der Waals surface area contributed by atoms with Crippen LogP contribution in [0.2, 0.25) is 0 Å². The number of hydrogen-bond acceptors (Lipinski definition) is 3. The highest BCUT2D eigenvalue weighted by molar-refractivity contribution is 5.19. The van der Waals surface area contributed by atoms with Crippen molar-refractivity contribution in [1.29, 1.82) is 0 Å². The van der Waals surface area contributed by atoms with Crippen molar-refractivity contribution in [3.8, 4) is 5.95 Å². The topological polar surface area (TPSA) is 43.6 Å². The van der Waals surface area contributed by atoms with Crippen LogP contribution in [0.15, 0.2) is 31.1 Å². The van der Waals surface area contributed by atoms with Gasteiger partial charge in [0, 0.05) is 24.8 Å². The molecular weight excluding hydrogens is 188 g/mol. The summed E-state index contributed by atoms with van der Waals surface area (Å²) in [6.45, 7) is 6.42. The summed E-state index contributed by atoms with van der Waals surface area (Å²) >= 11 is 0. The third-order valence-electron chi connectivity index (χ3n) is 2.24. The van der Waals surface area contributed by atoms with Gasteiger partial charge in [-0.3, -0.25) is 4.57 Å². The molecule has 0 radical (unpaired) electrons. The fourth-order valence-corrected chi connectivity index (χ4v) is 1.22. The van der Waals surface area contributed by atoms with E-state index in [1.165, 1.54) is 0 Å². The van der Waals surface area contributed by atoms with Crippen LogP contribution < -0.4 is 0 Å². The fraction of sp³-hybridized carbons (Fsp3) is 0.364. The molecule has 0 amide bonds. The van der Waals surface area contributed by atoms with Gasteiger partial charge in [0.15, 0.2) is 0 Å². The summed E-state index contributed by atoms with van der Waals surface area (Å²) in [7, 11) is 0. The van der Waals surface area contributed by atoms with E-state index < -0.39 is 0 Å². The molecule has 78 valence electrons. The summed E-state index contributed by atoms with van der Waals surface area (Å²) in [4.78, 5) is 12.6. The minimum atomic E-state index is 0.0907. The van der Waals surface area contributed by atoms with Crippen LogP contribution >= 0.6 is 0 Å². The molecule has 0 aliphatic heterocycles. The molecule has 0 aliphatic rings. The van der Waals surface area contributed by atoms with Gasteiger partial charge < -0.3 is 0 Å². The van der Waals surface area contributed by atoms with Gasteiger partial charge >= 0.3 is 0 Å². The lowest BCUT2D eigenvalue weighted by Gasteiger charge is -2.17. The number of hydrogen-bond donors (Lipinski definition) is 0. The summed E-state index contributed by atoms with van der Waals surface area (Å²) in [5.41, 5.74) is 1.22. The second-order valence-electron chi connectivity index (χ2n) is 4.49. The van der Waals surface area contributed by atoms with Crippen molar-refractivity contribution in [3.63, 3.8) is 0 Å². The summed E-state index contributed by atoms with van der Waals surface area (Å²) in [5.74, 6) is 0.653. The molecule has 0 saturated heterocycles. The Bertz CT molecular complexity index is 423. The second-order valence-corrected chi connectivity index (χ2v) is 4.49. The zero-order chi connectivity index (χ0) is 10.9. The molecule has 2 rings (SSSR count). The molecule has 0 atom stereocenters. The van der Waals surface area contributed by atoms with Crippen molar-refractivity contribution >= 4 is 0 Å². The predicted octanol–water partition coefficient (Wildman–Crippen LogP) is 1.96. The summed E-state index contributed by atoms with van der Waals surface area (Å²) in [6, 6.07) is 0. The van der Waals surface area contributed by atoms with Crippen LogP contribution in [-0.2, 0) is 5.41 Å². The highest BCUT2D eigenvalue weighted by Gasteiger charge is 2.14. The van der Waals surface area contributed by atoms with Gasteiger partial charge in [-0.1, -0.05) is 20.8 Å². The Balaban J connectivity index is 2.33. The molecule has 0 fully saturated rings. The van der Waals surface area contributed by atoms with Crippen molar-refractivity contribution in [3.05, 3.63) is 36.7 Å². The Morgan fingerprint density at radius 3 is 2.27 bits per heavy atom. The van der Waals surface area contributed by atoms with E-state index >= 15 is 0 Å². The monoisotopic (exact) mass is 202 g/mol. The Labute approximate surface area is 89.0 Å². The van der Waals surface area contributed by atoms with E-state index in [4.69, 9.17) is 0 Å². The van der Waals surface area contributed by atoms with Crippen molar-refractivity contribution in [1.82, 2.24) is 19.5 Å². The van der Waals surface area contributed by atoms with Gasteiger partial charge in [0.25, 0.3) is 0 Å². The van der Waals surface area contributed by atoms with E-state index in [-0.39, 0.29) is 5.41 Å². The first kappa shape index (κ1) is 9.83. The molecular formula is C11H14N4. The summed E-state index contributed by atoms with van der Waals surface area (Å²) < 4.78 is 1.78.